The lowest BCUT2D eigenvalue weighted by atomic mass is 9.98. The van der Waals surface area contributed by atoms with Crippen LogP contribution in [0.15, 0.2) is 71.8 Å². The predicted octanol–water partition coefficient (Wildman–Crippen LogP) is 4.30. The van der Waals surface area contributed by atoms with Gasteiger partial charge in [-0.15, -0.1) is 0 Å². The van der Waals surface area contributed by atoms with Crippen LogP contribution in [0.2, 0.25) is 0 Å². The average Bonchev–Trinajstić information content (AvgIpc) is 3.38. The number of nitrogens with zero attached hydrogens (tertiary/aromatic N) is 3. The minimum absolute atomic E-state index is 0.186. The number of carbonyl (C=O) groups excluding carboxylic acids is 2. The summed E-state index contributed by atoms with van der Waals surface area (Å²) in [7, 11) is 6.21. The number of hydrogen-bond acceptors (Lipinski definition) is 6. The zero-order valence-corrected chi connectivity index (χ0v) is 21.1. The maximum absolute atomic E-state index is 13.5. The quantitative estimate of drug-likeness (QED) is 0.456. The van der Waals surface area contributed by atoms with Crippen molar-refractivity contribution in [1.29, 1.82) is 0 Å². The lowest BCUT2D eigenvalue weighted by Crippen LogP contribution is -2.39. The van der Waals surface area contributed by atoms with E-state index < -0.39 is 6.04 Å². The first-order valence-electron chi connectivity index (χ1n) is 11.6. The van der Waals surface area contributed by atoms with Crippen molar-refractivity contribution < 1.29 is 28.2 Å². The number of halogens is 1. The Balaban J connectivity index is 1.61. The van der Waals surface area contributed by atoms with Crippen LogP contribution in [-0.2, 0) is 4.79 Å². The molecule has 0 radical (unpaired) electrons. The van der Waals surface area contributed by atoms with Crippen molar-refractivity contribution in [1.82, 2.24) is 9.91 Å². The molecule has 0 saturated carbocycles. The third-order valence-corrected chi connectivity index (χ3v) is 6.19. The Morgan fingerprint density at radius 2 is 1.62 bits per heavy atom. The van der Waals surface area contributed by atoms with Gasteiger partial charge in [-0.25, -0.2) is 9.40 Å². The Labute approximate surface area is 214 Å². The van der Waals surface area contributed by atoms with Crippen LogP contribution in [0.25, 0.3) is 0 Å². The molecule has 2 amide bonds. The Kier molecular flexibility index (Phi) is 7.71. The molecule has 0 bridgehead atoms. The standard InChI is InChI=1S/C28H28FN3O5/c1-31(28(34)19-7-12-22(35-2)13-8-19)17-27(33)32-24(20-9-14-25(36-3)26(15-20)37-4)16-23(30-32)18-5-10-21(29)11-6-18/h5-15,24H,16-17H2,1-4H3. The maximum atomic E-state index is 13.5. The SMILES string of the molecule is COc1ccc(C(=O)N(C)CC(=O)N2N=C(c3ccc(F)cc3)CC2c2ccc(OC)c(OC)c2)cc1. The Bertz CT molecular complexity index is 1310. The third kappa shape index (κ3) is 5.55. The van der Waals surface area contributed by atoms with Gasteiger partial charge in [-0.1, -0.05) is 18.2 Å². The summed E-state index contributed by atoms with van der Waals surface area (Å²) in [5.41, 5.74) is 2.57. The smallest absolute Gasteiger partial charge is 0.262 e. The van der Waals surface area contributed by atoms with Gasteiger partial charge in [0.25, 0.3) is 11.8 Å². The van der Waals surface area contributed by atoms with E-state index in [0.29, 0.717) is 40.5 Å². The van der Waals surface area contributed by atoms with Gasteiger partial charge < -0.3 is 19.1 Å². The second-order valence-corrected chi connectivity index (χ2v) is 8.52. The molecule has 9 heteroatoms. The van der Waals surface area contributed by atoms with E-state index in [9.17, 15) is 14.0 Å². The summed E-state index contributed by atoms with van der Waals surface area (Å²) in [6, 6.07) is 17.6. The zero-order valence-electron chi connectivity index (χ0n) is 21.1. The van der Waals surface area contributed by atoms with Gasteiger partial charge in [-0.3, -0.25) is 9.59 Å². The molecule has 3 aromatic carbocycles. The summed E-state index contributed by atoms with van der Waals surface area (Å²) in [5, 5.41) is 5.99. The molecule has 4 rings (SSSR count). The first-order valence-corrected chi connectivity index (χ1v) is 11.6. The van der Waals surface area contributed by atoms with Crippen molar-refractivity contribution in [3.63, 3.8) is 0 Å². The molecule has 1 unspecified atom stereocenters. The molecular weight excluding hydrogens is 477 g/mol. The van der Waals surface area contributed by atoms with Crippen LogP contribution in [0.4, 0.5) is 4.39 Å². The highest BCUT2D eigenvalue weighted by Gasteiger charge is 2.34. The van der Waals surface area contributed by atoms with Crippen molar-refractivity contribution in [3.8, 4) is 17.2 Å². The van der Waals surface area contributed by atoms with Gasteiger partial charge in [-0.2, -0.15) is 5.10 Å². The van der Waals surface area contributed by atoms with Gasteiger partial charge in [0.2, 0.25) is 0 Å². The molecule has 0 fully saturated rings. The summed E-state index contributed by atoms with van der Waals surface area (Å²) >= 11 is 0. The van der Waals surface area contributed by atoms with Crippen LogP contribution in [0.5, 0.6) is 17.2 Å². The molecule has 0 aromatic heterocycles. The highest BCUT2D eigenvalue weighted by atomic mass is 19.1. The maximum Gasteiger partial charge on any atom is 0.262 e. The molecule has 1 aliphatic rings. The molecule has 1 atom stereocenters. The van der Waals surface area contributed by atoms with E-state index in [-0.39, 0.29) is 24.2 Å². The fourth-order valence-corrected chi connectivity index (χ4v) is 4.18. The molecule has 0 aliphatic carbocycles. The molecule has 0 spiro atoms. The lowest BCUT2D eigenvalue weighted by molar-refractivity contribution is -0.133. The Hall–Kier alpha value is -4.40. The number of carbonyl (C=O) groups is 2. The van der Waals surface area contributed by atoms with Crippen LogP contribution in [0.3, 0.4) is 0 Å². The molecule has 1 heterocycles. The van der Waals surface area contributed by atoms with Crippen molar-refractivity contribution in [2.75, 3.05) is 34.9 Å². The van der Waals surface area contributed by atoms with Crippen molar-refractivity contribution in [2.24, 2.45) is 5.10 Å². The summed E-state index contributed by atoms with van der Waals surface area (Å²) < 4.78 is 29.4. The first-order chi connectivity index (χ1) is 17.8. The van der Waals surface area contributed by atoms with E-state index in [0.717, 1.165) is 5.56 Å². The summed E-state index contributed by atoms with van der Waals surface area (Å²) in [5.74, 6) is 0.695. The molecule has 0 N–H and O–H groups in total. The third-order valence-electron chi connectivity index (χ3n) is 6.19. The number of hydrogen-bond donors (Lipinski definition) is 0. The molecule has 1 aliphatic heterocycles. The lowest BCUT2D eigenvalue weighted by Gasteiger charge is -2.25. The van der Waals surface area contributed by atoms with Crippen LogP contribution >= 0.6 is 0 Å². The molecule has 192 valence electrons. The van der Waals surface area contributed by atoms with E-state index in [1.54, 1.807) is 76.9 Å². The van der Waals surface area contributed by atoms with Crippen LogP contribution < -0.4 is 14.2 Å². The molecular formula is C28H28FN3O5. The number of hydrazone groups is 1. The predicted molar refractivity (Wildman–Crippen MR) is 137 cm³/mol. The van der Waals surface area contributed by atoms with Gasteiger partial charge in [-0.05, 0) is 59.7 Å². The number of methoxy groups -OCH3 is 3. The van der Waals surface area contributed by atoms with Gasteiger partial charge in [0.15, 0.2) is 11.5 Å². The monoisotopic (exact) mass is 505 g/mol. The molecule has 8 nitrogen and oxygen atoms in total. The second kappa shape index (κ2) is 11.1. The number of amides is 2. The first kappa shape index (κ1) is 25.7. The highest BCUT2D eigenvalue weighted by molar-refractivity contribution is 6.03. The number of rotatable bonds is 8. The number of likely N-dealkylation sites (N-methyl/N-ethyl adjacent to an activating group) is 1. The number of ether oxygens (including phenoxy) is 3. The van der Waals surface area contributed by atoms with Gasteiger partial charge in [0.05, 0.1) is 33.1 Å². The largest absolute Gasteiger partial charge is 0.497 e. The van der Waals surface area contributed by atoms with Gasteiger partial charge in [0.1, 0.15) is 18.1 Å². The second-order valence-electron chi connectivity index (χ2n) is 8.52. The van der Waals surface area contributed by atoms with E-state index in [1.165, 1.54) is 22.0 Å². The molecule has 37 heavy (non-hydrogen) atoms. The fraction of sp³-hybridized carbons (Fsp3) is 0.250. The molecule has 3 aromatic rings. The Morgan fingerprint density at radius 3 is 2.24 bits per heavy atom. The minimum Gasteiger partial charge on any atom is -0.497 e. The van der Waals surface area contributed by atoms with E-state index in [1.807, 2.05) is 6.07 Å². The van der Waals surface area contributed by atoms with Crippen LogP contribution in [0.1, 0.15) is 33.9 Å². The van der Waals surface area contributed by atoms with E-state index >= 15 is 0 Å². The normalized spacial score (nSPS) is 14.7. The van der Waals surface area contributed by atoms with Crippen LogP contribution in [0, 0.1) is 5.82 Å². The Morgan fingerprint density at radius 1 is 0.946 bits per heavy atom. The van der Waals surface area contributed by atoms with Crippen LogP contribution in [-0.4, -0.2) is 62.4 Å². The summed E-state index contributed by atoms with van der Waals surface area (Å²) in [6.07, 6.45) is 0.406. The number of benzene rings is 3. The fourth-order valence-electron chi connectivity index (χ4n) is 4.18. The summed E-state index contributed by atoms with van der Waals surface area (Å²) in [4.78, 5) is 27.8. The van der Waals surface area contributed by atoms with Crippen molar-refractivity contribution in [3.05, 3.63) is 89.2 Å². The van der Waals surface area contributed by atoms with Crippen molar-refractivity contribution >= 4 is 17.5 Å². The van der Waals surface area contributed by atoms with Crippen molar-refractivity contribution in [2.45, 2.75) is 12.5 Å². The topological polar surface area (TPSA) is 80.7 Å². The van der Waals surface area contributed by atoms with E-state index in [2.05, 4.69) is 5.10 Å². The van der Waals surface area contributed by atoms with Gasteiger partial charge in [0, 0.05) is 19.0 Å². The summed E-state index contributed by atoms with van der Waals surface area (Å²) in [6.45, 7) is -0.186. The van der Waals surface area contributed by atoms with E-state index in [4.69, 9.17) is 14.2 Å². The zero-order chi connectivity index (χ0) is 26.5. The molecule has 0 saturated heterocycles. The van der Waals surface area contributed by atoms with Gasteiger partial charge >= 0.3 is 0 Å². The highest BCUT2D eigenvalue weighted by Crippen LogP contribution is 2.37. The average molecular weight is 506 g/mol. The minimum atomic E-state index is -0.447.